The maximum atomic E-state index is 12.9. The summed E-state index contributed by atoms with van der Waals surface area (Å²) in [6.45, 7) is 9.95. The monoisotopic (exact) mass is 311 g/mol. The maximum absolute atomic E-state index is 12.9. The van der Waals surface area contributed by atoms with Crippen molar-refractivity contribution < 1.29 is 13.9 Å². The highest BCUT2D eigenvalue weighted by atomic mass is 19.1. The number of rotatable bonds is 6. The molecule has 0 aliphatic carbocycles. The number of halogens is 1. The molecule has 1 heterocycles. The lowest BCUT2D eigenvalue weighted by molar-refractivity contribution is 0.0507. The third-order valence-electron chi connectivity index (χ3n) is 2.95. The quantitative estimate of drug-likeness (QED) is 0.847. The van der Waals surface area contributed by atoms with Crippen molar-refractivity contribution in [3.8, 4) is 0 Å². The molecular weight excluding hydrogens is 285 g/mol. The highest BCUT2D eigenvalue weighted by Gasteiger charge is 2.18. The molecule has 0 radical (unpaired) electrons. The molecule has 0 aromatic carbocycles. The summed E-state index contributed by atoms with van der Waals surface area (Å²) in [6.07, 6.45) is 1.59. The molecule has 2 atom stereocenters. The van der Waals surface area contributed by atoms with Gasteiger partial charge in [0.1, 0.15) is 11.4 Å². The number of nitrogens with zero attached hydrogens (tertiary/aromatic N) is 1. The minimum absolute atomic E-state index is 0.0171. The molecule has 0 fully saturated rings. The molecule has 0 spiro atoms. The molecule has 124 valence electrons. The summed E-state index contributed by atoms with van der Waals surface area (Å²) >= 11 is 0. The van der Waals surface area contributed by atoms with Gasteiger partial charge in [0.25, 0.3) is 0 Å². The molecule has 6 heteroatoms. The fourth-order valence-corrected chi connectivity index (χ4v) is 1.93. The van der Waals surface area contributed by atoms with Gasteiger partial charge in [0, 0.05) is 18.6 Å². The molecule has 1 aromatic rings. The molecular formula is C16H26FN3O2. The van der Waals surface area contributed by atoms with Crippen LogP contribution in [0.2, 0.25) is 0 Å². The van der Waals surface area contributed by atoms with Gasteiger partial charge in [0.2, 0.25) is 0 Å². The zero-order valence-corrected chi connectivity index (χ0v) is 13.9. The van der Waals surface area contributed by atoms with E-state index in [0.717, 1.165) is 12.1 Å². The summed E-state index contributed by atoms with van der Waals surface area (Å²) in [4.78, 5) is 15.8. The number of amides is 1. The minimum atomic E-state index is -0.513. The van der Waals surface area contributed by atoms with Crippen molar-refractivity contribution in [2.24, 2.45) is 0 Å². The predicted molar refractivity (Wildman–Crippen MR) is 84.1 cm³/mol. The maximum Gasteiger partial charge on any atom is 0.407 e. The van der Waals surface area contributed by atoms with Crippen molar-refractivity contribution in [1.29, 1.82) is 0 Å². The van der Waals surface area contributed by atoms with Crippen LogP contribution in [0.1, 0.15) is 52.8 Å². The topological polar surface area (TPSA) is 63.2 Å². The van der Waals surface area contributed by atoms with Crippen molar-refractivity contribution in [3.63, 3.8) is 0 Å². The molecule has 2 unspecified atom stereocenters. The standard InChI is InChI=1S/C16H26FN3O2/c1-6-13(14-8-7-12(17)10-19-14)18-9-11(2)20-15(21)22-16(3,4)5/h7-8,10-11,13,18H,6,9H2,1-5H3,(H,20,21). The van der Waals surface area contributed by atoms with Crippen LogP contribution < -0.4 is 10.6 Å². The van der Waals surface area contributed by atoms with Crippen LogP contribution in [0.4, 0.5) is 9.18 Å². The second kappa shape index (κ2) is 8.08. The van der Waals surface area contributed by atoms with Gasteiger partial charge in [0.15, 0.2) is 0 Å². The minimum Gasteiger partial charge on any atom is -0.444 e. The number of carbonyl (C=O) groups excluding carboxylic acids is 1. The highest BCUT2D eigenvalue weighted by molar-refractivity contribution is 5.68. The first kappa shape index (κ1) is 18.4. The summed E-state index contributed by atoms with van der Waals surface area (Å²) in [5.41, 5.74) is 0.273. The van der Waals surface area contributed by atoms with E-state index in [1.165, 1.54) is 12.3 Å². The van der Waals surface area contributed by atoms with Gasteiger partial charge in [-0.1, -0.05) is 6.92 Å². The van der Waals surface area contributed by atoms with E-state index in [4.69, 9.17) is 4.74 Å². The summed E-state index contributed by atoms with van der Waals surface area (Å²) in [5, 5.41) is 6.09. The number of pyridine rings is 1. The molecule has 0 saturated heterocycles. The van der Waals surface area contributed by atoms with Crippen molar-refractivity contribution in [3.05, 3.63) is 29.8 Å². The van der Waals surface area contributed by atoms with Gasteiger partial charge < -0.3 is 15.4 Å². The number of nitrogens with one attached hydrogen (secondary N) is 2. The first-order valence-corrected chi connectivity index (χ1v) is 7.55. The van der Waals surface area contributed by atoms with E-state index in [1.807, 2.05) is 34.6 Å². The normalized spacial score (nSPS) is 14.3. The van der Waals surface area contributed by atoms with E-state index in [9.17, 15) is 9.18 Å². The van der Waals surface area contributed by atoms with Crippen LogP contribution in [0.3, 0.4) is 0 Å². The zero-order chi connectivity index (χ0) is 16.8. The van der Waals surface area contributed by atoms with Crippen molar-refractivity contribution in [2.75, 3.05) is 6.54 Å². The molecule has 0 bridgehead atoms. The zero-order valence-electron chi connectivity index (χ0n) is 13.9. The summed E-state index contributed by atoms with van der Waals surface area (Å²) in [6, 6.07) is 2.99. The fourth-order valence-electron chi connectivity index (χ4n) is 1.93. The lowest BCUT2D eigenvalue weighted by Crippen LogP contribution is -2.43. The SMILES string of the molecule is CCC(NCC(C)NC(=O)OC(C)(C)C)c1ccc(F)cn1. The Morgan fingerprint density at radius 2 is 2.09 bits per heavy atom. The van der Waals surface area contributed by atoms with Crippen molar-refractivity contribution >= 4 is 6.09 Å². The smallest absolute Gasteiger partial charge is 0.407 e. The number of hydrogen-bond acceptors (Lipinski definition) is 4. The van der Waals surface area contributed by atoms with Crippen LogP contribution in [0.25, 0.3) is 0 Å². The fraction of sp³-hybridized carbons (Fsp3) is 0.625. The number of carbonyl (C=O) groups is 1. The van der Waals surface area contributed by atoms with Crippen LogP contribution in [0.5, 0.6) is 0 Å². The Kier molecular flexibility index (Phi) is 6.74. The number of ether oxygens (including phenoxy) is 1. The Labute approximate surface area is 131 Å². The van der Waals surface area contributed by atoms with Gasteiger partial charge in [-0.25, -0.2) is 9.18 Å². The Morgan fingerprint density at radius 3 is 2.59 bits per heavy atom. The third kappa shape index (κ3) is 6.85. The Morgan fingerprint density at radius 1 is 1.41 bits per heavy atom. The summed E-state index contributed by atoms with van der Waals surface area (Å²) in [5.74, 6) is -0.349. The van der Waals surface area contributed by atoms with Gasteiger partial charge in [-0.3, -0.25) is 4.98 Å². The average Bonchev–Trinajstić information content (AvgIpc) is 2.39. The molecule has 0 aliphatic rings. The average molecular weight is 311 g/mol. The molecule has 0 saturated carbocycles. The van der Waals surface area contributed by atoms with E-state index in [-0.39, 0.29) is 17.9 Å². The molecule has 1 rings (SSSR count). The van der Waals surface area contributed by atoms with Gasteiger partial charge in [-0.05, 0) is 46.2 Å². The molecule has 0 aliphatic heterocycles. The lowest BCUT2D eigenvalue weighted by Gasteiger charge is -2.23. The first-order chi connectivity index (χ1) is 10.2. The molecule has 22 heavy (non-hydrogen) atoms. The van der Waals surface area contributed by atoms with Gasteiger partial charge in [-0.2, -0.15) is 0 Å². The van der Waals surface area contributed by atoms with Crippen molar-refractivity contribution in [2.45, 2.75) is 58.7 Å². The Hall–Kier alpha value is -1.69. The molecule has 5 nitrogen and oxygen atoms in total. The van der Waals surface area contributed by atoms with Gasteiger partial charge in [0.05, 0.1) is 11.9 Å². The van der Waals surface area contributed by atoms with Gasteiger partial charge in [-0.15, -0.1) is 0 Å². The van der Waals surface area contributed by atoms with Crippen molar-refractivity contribution in [1.82, 2.24) is 15.6 Å². The van der Waals surface area contributed by atoms with E-state index >= 15 is 0 Å². The second-order valence-electron chi connectivity index (χ2n) is 6.32. The lowest BCUT2D eigenvalue weighted by atomic mass is 10.1. The highest BCUT2D eigenvalue weighted by Crippen LogP contribution is 2.14. The van der Waals surface area contributed by atoms with E-state index in [2.05, 4.69) is 15.6 Å². The van der Waals surface area contributed by atoms with E-state index in [1.54, 1.807) is 6.07 Å². The van der Waals surface area contributed by atoms with E-state index in [0.29, 0.717) is 6.54 Å². The number of alkyl carbamates (subject to hydrolysis) is 1. The van der Waals surface area contributed by atoms with Gasteiger partial charge >= 0.3 is 6.09 Å². The van der Waals surface area contributed by atoms with Crippen LogP contribution in [-0.2, 0) is 4.74 Å². The number of hydrogen-bond donors (Lipinski definition) is 2. The second-order valence-corrected chi connectivity index (χ2v) is 6.32. The Bertz CT molecular complexity index is 471. The van der Waals surface area contributed by atoms with E-state index < -0.39 is 11.7 Å². The van der Waals surface area contributed by atoms with Crippen LogP contribution >= 0.6 is 0 Å². The molecule has 2 N–H and O–H groups in total. The summed E-state index contributed by atoms with van der Waals surface area (Å²) in [7, 11) is 0. The number of aromatic nitrogens is 1. The molecule has 1 aromatic heterocycles. The first-order valence-electron chi connectivity index (χ1n) is 7.55. The largest absolute Gasteiger partial charge is 0.444 e. The summed E-state index contributed by atoms with van der Waals surface area (Å²) < 4.78 is 18.1. The third-order valence-corrected chi connectivity index (χ3v) is 2.95. The molecule has 1 amide bonds. The van der Waals surface area contributed by atoms with Crippen LogP contribution in [0, 0.1) is 5.82 Å². The predicted octanol–water partition coefficient (Wildman–Crippen LogP) is 3.17. The Balaban J connectivity index is 2.45. The van der Waals surface area contributed by atoms with Crippen LogP contribution in [0.15, 0.2) is 18.3 Å². The van der Waals surface area contributed by atoms with Crippen LogP contribution in [-0.4, -0.2) is 29.3 Å².